The number of aromatic amines is 1. The van der Waals surface area contributed by atoms with E-state index in [0.29, 0.717) is 0 Å². The van der Waals surface area contributed by atoms with E-state index in [1.54, 1.807) is 11.3 Å². The zero-order valence-corrected chi connectivity index (χ0v) is 13.0. The van der Waals surface area contributed by atoms with E-state index in [1.807, 2.05) is 13.8 Å². The van der Waals surface area contributed by atoms with Gasteiger partial charge in [-0.3, -0.25) is 0 Å². The molecule has 0 radical (unpaired) electrons. The molecule has 0 aliphatic carbocycles. The Kier molecular flexibility index (Phi) is 6.25. The zero-order chi connectivity index (χ0) is 15.0. The van der Waals surface area contributed by atoms with Crippen molar-refractivity contribution in [2.24, 2.45) is 0 Å². The standard InChI is InChI=1S/C12H8S.C6H9N/c1-4-5-6-7-8-12-9-10(2)13-11(12)3;1-5-3-4-6(2)7-5/h1,9H,2-3H3;3-4,7H,1-2H3. The quantitative estimate of drug-likeness (QED) is 0.702. The average Bonchev–Trinajstić information content (AvgIpc) is 2.91. The van der Waals surface area contributed by atoms with Crippen LogP contribution in [-0.2, 0) is 0 Å². The lowest BCUT2D eigenvalue weighted by Gasteiger charge is -1.80. The van der Waals surface area contributed by atoms with Crippen LogP contribution < -0.4 is 0 Å². The van der Waals surface area contributed by atoms with Crippen LogP contribution in [-0.4, -0.2) is 4.98 Å². The number of aryl methyl sites for hydroxylation is 4. The Morgan fingerprint density at radius 2 is 1.65 bits per heavy atom. The third kappa shape index (κ3) is 5.53. The monoisotopic (exact) mass is 279 g/mol. The molecule has 0 saturated carbocycles. The fourth-order valence-electron chi connectivity index (χ4n) is 1.57. The summed E-state index contributed by atoms with van der Waals surface area (Å²) in [6, 6.07) is 6.19. The maximum atomic E-state index is 4.95. The van der Waals surface area contributed by atoms with E-state index >= 15 is 0 Å². The van der Waals surface area contributed by atoms with Gasteiger partial charge < -0.3 is 4.98 Å². The lowest BCUT2D eigenvalue weighted by atomic mass is 10.2. The Bertz CT molecular complexity index is 714. The van der Waals surface area contributed by atoms with Crippen molar-refractivity contribution < 1.29 is 0 Å². The van der Waals surface area contributed by atoms with Crippen molar-refractivity contribution in [1.29, 1.82) is 0 Å². The predicted octanol–water partition coefficient (Wildman–Crippen LogP) is 3.98. The van der Waals surface area contributed by atoms with Crippen LogP contribution in [0.25, 0.3) is 0 Å². The fraction of sp³-hybridized carbons (Fsp3) is 0.222. The molecule has 0 bridgehead atoms. The topological polar surface area (TPSA) is 15.8 Å². The molecule has 100 valence electrons. The summed E-state index contributed by atoms with van der Waals surface area (Å²) in [6.07, 6.45) is 4.95. The predicted molar refractivity (Wildman–Crippen MR) is 87.5 cm³/mol. The number of H-pyrrole nitrogens is 1. The number of aromatic nitrogens is 1. The van der Waals surface area contributed by atoms with Crippen molar-refractivity contribution in [3.05, 3.63) is 44.9 Å². The minimum absolute atomic E-state index is 1.05. The van der Waals surface area contributed by atoms with Crippen molar-refractivity contribution in [3.63, 3.8) is 0 Å². The second-order valence-electron chi connectivity index (χ2n) is 4.30. The Labute approximate surface area is 125 Å². The van der Waals surface area contributed by atoms with Crippen LogP contribution in [0.5, 0.6) is 0 Å². The lowest BCUT2D eigenvalue weighted by molar-refractivity contribution is 1.19. The highest BCUT2D eigenvalue weighted by atomic mass is 32.1. The SMILES string of the molecule is C#CC#CC#Cc1cc(C)sc1C.Cc1ccc(C)[nH]1. The van der Waals surface area contributed by atoms with Gasteiger partial charge in [0.05, 0.1) is 0 Å². The second kappa shape index (κ2) is 7.96. The van der Waals surface area contributed by atoms with Crippen LogP contribution in [0.2, 0.25) is 0 Å². The molecule has 0 fully saturated rings. The summed E-state index contributed by atoms with van der Waals surface area (Å²) in [5.41, 5.74) is 3.52. The van der Waals surface area contributed by atoms with E-state index in [2.05, 4.69) is 66.6 Å². The molecule has 2 rings (SSSR count). The highest BCUT2D eigenvalue weighted by Gasteiger charge is 1.97. The molecule has 0 atom stereocenters. The zero-order valence-electron chi connectivity index (χ0n) is 12.2. The summed E-state index contributed by atoms with van der Waals surface area (Å²) < 4.78 is 0. The number of hydrogen-bond acceptors (Lipinski definition) is 1. The van der Waals surface area contributed by atoms with E-state index in [4.69, 9.17) is 6.42 Å². The second-order valence-corrected chi connectivity index (χ2v) is 5.76. The molecule has 0 aromatic carbocycles. The number of thiophene rings is 1. The molecular weight excluding hydrogens is 262 g/mol. The molecule has 0 aliphatic heterocycles. The van der Waals surface area contributed by atoms with Crippen molar-refractivity contribution in [2.45, 2.75) is 27.7 Å². The Balaban J connectivity index is 0.000000240. The minimum Gasteiger partial charge on any atom is -0.363 e. The van der Waals surface area contributed by atoms with Crippen molar-refractivity contribution in [1.82, 2.24) is 4.98 Å². The van der Waals surface area contributed by atoms with Crippen LogP contribution >= 0.6 is 11.3 Å². The largest absolute Gasteiger partial charge is 0.363 e. The summed E-state index contributed by atoms with van der Waals surface area (Å²) in [6.45, 7) is 8.21. The van der Waals surface area contributed by atoms with Gasteiger partial charge in [0.15, 0.2) is 0 Å². The van der Waals surface area contributed by atoms with Crippen molar-refractivity contribution >= 4 is 11.3 Å². The maximum absolute atomic E-state index is 4.95. The van der Waals surface area contributed by atoms with Gasteiger partial charge in [-0.2, -0.15) is 0 Å². The average molecular weight is 279 g/mol. The molecule has 20 heavy (non-hydrogen) atoms. The summed E-state index contributed by atoms with van der Waals surface area (Å²) >= 11 is 1.74. The van der Waals surface area contributed by atoms with E-state index < -0.39 is 0 Å². The third-order valence-electron chi connectivity index (χ3n) is 2.41. The molecule has 2 aromatic heterocycles. The lowest BCUT2D eigenvalue weighted by Crippen LogP contribution is -1.69. The summed E-state index contributed by atoms with van der Waals surface area (Å²) in [7, 11) is 0. The van der Waals surface area contributed by atoms with Crippen LogP contribution in [0.4, 0.5) is 0 Å². The van der Waals surface area contributed by atoms with Gasteiger partial charge in [-0.15, -0.1) is 17.8 Å². The first-order valence-electron chi connectivity index (χ1n) is 6.18. The van der Waals surface area contributed by atoms with Gasteiger partial charge >= 0.3 is 0 Å². The molecule has 0 saturated heterocycles. The van der Waals surface area contributed by atoms with E-state index in [9.17, 15) is 0 Å². The molecule has 2 heteroatoms. The number of hydrogen-bond donors (Lipinski definition) is 1. The maximum Gasteiger partial charge on any atom is 0.0394 e. The molecule has 1 nitrogen and oxygen atoms in total. The minimum atomic E-state index is 1.05. The molecule has 2 aromatic rings. The number of terminal acetylenes is 1. The number of rotatable bonds is 0. The molecule has 0 aliphatic rings. The van der Waals surface area contributed by atoms with Gasteiger partial charge in [-0.25, -0.2) is 0 Å². The van der Waals surface area contributed by atoms with Gasteiger partial charge in [-0.05, 0) is 69.6 Å². The smallest absolute Gasteiger partial charge is 0.0394 e. The first-order chi connectivity index (χ1) is 9.52. The van der Waals surface area contributed by atoms with E-state index in [1.165, 1.54) is 21.1 Å². The van der Waals surface area contributed by atoms with Crippen molar-refractivity contribution in [2.75, 3.05) is 0 Å². The Morgan fingerprint density at radius 1 is 1.00 bits per heavy atom. The van der Waals surface area contributed by atoms with E-state index in [-0.39, 0.29) is 0 Å². The van der Waals surface area contributed by atoms with Crippen molar-refractivity contribution in [3.8, 4) is 36.0 Å². The summed E-state index contributed by atoms with van der Waals surface area (Å²) in [5.74, 6) is 12.9. The van der Waals surface area contributed by atoms with Crippen LogP contribution in [0.15, 0.2) is 18.2 Å². The molecule has 0 spiro atoms. The van der Waals surface area contributed by atoms with Gasteiger partial charge in [0.1, 0.15) is 0 Å². The molecule has 0 unspecified atom stereocenters. The highest BCUT2D eigenvalue weighted by Crippen LogP contribution is 2.19. The Morgan fingerprint density at radius 3 is 2.05 bits per heavy atom. The molecule has 1 N–H and O–H groups in total. The molecular formula is C18H17NS. The van der Waals surface area contributed by atoms with Gasteiger partial charge in [0.25, 0.3) is 0 Å². The normalized spacial score (nSPS) is 8.15. The summed E-state index contributed by atoms with van der Waals surface area (Å²) in [4.78, 5) is 5.64. The summed E-state index contributed by atoms with van der Waals surface area (Å²) in [5, 5.41) is 0. The van der Waals surface area contributed by atoms with Crippen LogP contribution in [0.1, 0.15) is 26.7 Å². The van der Waals surface area contributed by atoms with Gasteiger partial charge in [-0.1, -0.05) is 5.92 Å². The van der Waals surface area contributed by atoms with Gasteiger partial charge in [0.2, 0.25) is 0 Å². The van der Waals surface area contributed by atoms with Gasteiger partial charge in [0, 0.05) is 26.7 Å². The van der Waals surface area contributed by atoms with Crippen LogP contribution in [0, 0.1) is 63.7 Å². The first-order valence-corrected chi connectivity index (χ1v) is 7.00. The van der Waals surface area contributed by atoms with E-state index in [0.717, 1.165) is 5.56 Å². The highest BCUT2D eigenvalue weighted by molar-refractivity contribution is 7.12. The Hall–Kier alpha value is -2.34. The first kappa shape index (κ1) is 15.7. The molecule has 0 amide bonds. The number of nitrogens with one attached hydrogen (secondary N) is 1. The molecule has 2 heterocycles. The van der Waals surface area contributed by atoms with Crippen LogP contribution in [0.3, 0.4) is 0 Å². The fourth-order valence-corrected chi connectivity index (χ4v) is 2.44. The third-order valence-corrected chi connectivity index (χ3v) is 3.38.